The van der Waals surface area contributed by atoms with Crippen molar-refractivity contribution >= 4 is 22.2 Å². The second-order valence-electron chi connectivity index (χ2n) is 7.53. The van der Waals surface area contributed by atoms with Gasteiger partial charge in [-0.3, -0.25) is 4.79 Å². The first-order valence-electron chi connectivity index (χ1n) is 10.3. The molecular weight excluding hydrogens is 483 g/mol. The van der Waals surface area contributed by atoms with Gasteiger partial charge in [0.25, 0.3) is 6.01 Å². The van der Waals surface area contributed by atoms with Gasteiger partial charge >= 0.3 is 0 Å². The van der Waals surface area contributed by atoms with E-state index in [1.807, 2.05) is 59.2 Å². The van der Waals surface area contributed by atoms with Gasteiger partial charge in [-0.05, 0) is 32.6 Å². The van der Waals surface area contributed by atoms with Crippen LogP contribution in [0.2, 0.25) is 0 Å². The van der Waals surface area contributed by atoms with E-state index >= 15 is 0 Å². The predicted octanol–water partition coefficient (Wildman–Crippen LogP) is 6.70. The number of carbonyl (C=O) groups is 1. The Hall–Kier alpha value is -3.77. The average molecular weight is 501 g/mol. The Bertz CT molecular complexity index is 1300. The minimum Gasteiger partial charge on any atom is -0.428 e. The maximum atomic E-state index is 14.1. The molecule has 5 rings (SSSR count). The second kappa shape index (κ2) is 8.64. The summed E-state index contributed by atoms with van der Waals surface area (Å²) in [5, 5.41) is 0. The molecule has 0 aliphatic carbocycles. The number of halogens is 2. The monoisotopic (exact) mass is 500 g/mol. The summed E-state index contributed by atoms with van der Waals surface area (Å²) >= 11 is 3.08. The molecule has 0 spiro atoms. The van der Waals surface area contributed by atoms with E-state index in [1.165, 1.54) is 0 Å². The van der Waals surface area contributed by atoms with Crippen LogP contribution in [0, 0.1) is 6.01 Å². The van der Waals surface area contributed by atoms with Crippen LogP contribution in [0.15, 0.2) is 112 Å². The molecule has 0 saturated carbocycles. The fourth-order valence-corrected chi connectivity index (χ4v) is 4.65. The standard InChI is InChI=1S/C27H18BrFN2O2/c28-24-22(17-32)25(33-26(24)29)23-16-31(18-30-23)27(19-10-4-1-5-11-19,20-12-6-2-7-13-20)21-14-8-3-9-15-21/h1-18H. The van der Waals surface area contributed by atoms with Crippen LogP contribution < -0.4 is 0 Å². The van der Waals surface area contributed by atoms with Crippen molar-refractivity contribution in [2.45, 2.75) is 5.54 Å². The normalized spacial score (nSPS) is 11.5. The molecule has 2 heterocycles. The number of benzene rings is 3. The zero-order chi connectivity index (χ0) is 22.8. The van der Waals surface area contributed by atoms with Gasteiger partial charge in [0.05, 0.1) is 11.9 Å². The minimum atomic E-state index is -0.859. The zero-order valence-electron chi connectivity index (χ0n) is 17.4. The SMILES string of the molecule is O=Cc1c(-c2cn(C(c3ccccc3)(c3ccccc3)c3ccccc3)cn2)oc(F)c1Br. The molecule has 0 amide bonds. The molecular formula is C27H18BrFN2O2. The number of furan rings is 1. The predicted molar refractivity (Wildman–Crippen MR) is 128 cm³/mol. The Balaban J connectivity index is 1.82. The Morgan fingerprint density at radius 3 is 1.79 bits per heavy atom. The van der Waals surface area contributed by atoms with Gasteiger partial charge in [-0.1, -0.05) is 91.0 Å². The summed E-state index contributed by atoms with van der Waals surface area (Å²) < 4.78 is 21.3. The summed E-state index contributed by atoms with van der Waals surface area (Å²) in [6.45, 7) is 0. The summed E-state index contributed by atoms with van der Waals surface area (Å²) in [5.74, 6) is 0.0798. The fraction of sp³-hybridized carbons (Fsp3) is 0.0370. The molecule has 0 aliphatic heterocycles. The highest BCUT2D eigenvalue weighted by molar-refractivity contribution is 9.10. The molecule has 6 heteroatoms. The first-order chi connectivity index (χ1) is 16.2. The van der Waals surface area contributed by atoms with Crippen LogP contribution >= 0.6 is 15.9 Å². The van der Waals surface area contributed by atoms with Crippen molar-refractivity contribution in [3.8, 4) is 11.5 Å². The smallest absolute Gasteiger partial charge is 0.293 e. The molecule has 0 aliphatic rings. The largest absolute Gasteiger partial charge is 0.428 e. The third-order valence-electron chi connectivity index (χ3n) is 5.74. The number of carbonyl (C=O) groups excluding carboxylic acids is 1. The molecule has 4 nitrogen and oxygen atoms in total. The van der Waals surface area contributed by atoms with Crippen LogP contribution in [-0.4, -0.2) is 15.8 Å². The Labute approximate surface area is 198 Å². The molecule has 0 unspecified atom stereocenters. The number of hydrogen-bond acceptors (Lipinski definition) is 3. The first-order valence-corrected chi connectivity index (χ1v) is 11.1. The van der Waals surface area contributed by atoms with Crippen LogP contribution in [0.4, 0.5) is 4.39 Å². The van der Waals surface area contributed by atoms with Gasteiger partial charge in [0.15, 0.2) is 12.0 Å². The number of aromatic nitrogens is 2. The van der Waals surface area contributed by atoms with Gasteiger partial charge in [-0.15, -0.1) is 0 Å². The van der Waals surface area contributed by atoms with Crippen LogP contribution in [0.3, 0.4) is 0 Å². The molecule has 0 fully saturated rings. The fourth-order valence-electron chi connectivity index (χ4n) is 4.30. The van der Waals surface area contributed by atoms with Crippen LogP contribution in [0.25, 0.3) is 11.5 Å². The van der Waals surface area contributed by atoms with E-state index in [1.54, 1.807) is 12.5 Å². The number of imidazole rings is 1. The van der Waals surface area contributed by atoms with E-state index in [2.05, 4.69) is 57.3 Å². The minimum absolute atomic E-state index is 0.0116. The van der Waals surface area contributed by atoms with Gasteiger partial charge < -0.3 is 8.98 Å². The summed E-state index contributed by atoms with van der Waals surface area (Å²) in [6, 6.07) is 29.5. The third kappa shape index (κ3) is 3.43. The highest BCUT2D eigenvalue weighted by atomic mass is 79.9. The molecule has 0 N–H and O–H groups in total. The lowest BCUT2D eigenvalue weighted by Gasteiger charge is -2.37. The van der Waals surface area contributed by atoms with Crippen LogP contribution in [-0.2, 0) is 5.54 Å². The topological polar surface area (TPSA) is 48.0 Å². The molecule has 3 aromatic carbocycles. The molecule has 0 saturated heterocycles. The van der Waals surface area contributed by atoms with Gasteiger partial charge in [0.2, 0.25) is 0 Å². The van der Waals surface area contributed by atoms with Crippen molar-refractivity contribution in [3.63, 3.8) is 0 Å². The first kappa shape index (κ1) is 21.1. The summed E-state index contributed by atoms with van der Waals surface area (Å²) in [6.07, 6.45) is 4.03. The van der Waals surface area contributed by atoms with Crippen molar-refractivity contribution in [2.24, 2.45) is 0 Å². The lowest BCUT2D eigenvalue weighted by atomic mass is 9.77. The van der Waals surface area contributed by atoms with Crippen molar-refractivity contribution in [1.82, 2.24) is 9.55 Å². The van der Waals surface area contributed by atoms with Gasteiger partial charge in [0, 0.05) is 6.20 Å². The molecule has 5 aromatic rings. The lowest BCUT2D eigenvalue weighted by Crippen LogP contribution is -2.36. The highest BCUT2D eigenvalue weighted by Crippen LogP contribution is 2.42. The molecule has 0 atom stereocenters. The highest BCUT2D eigenvalue weighted by Gasteiger charge is 2.38. The number of rotatable bonds is 6. The Kier molecular flexibility index (Phi) is 5.52. The van der Waals surface area contributed by atoms with Crippen LogP contribution in [0.1, 0.15) is 27.0 Å². The summed E-state index contributed by atoms with van der Waals surface area (Å²) in [5.41, 5.74) is 2.74. The van der Waals surface area contributed by atoms with E-state index < -0.39 is 11.6 Å². The average Bonchev–Trinajstić information content (AvgIpc) is 3.47. The van der Waals surface area contributed by atoms with E-state index in [4.69, 9.17) is 4.42 Å². The molecule has 0 radical (unpaired) electrons. The Morgan fingerprint density at radius 1 is 0.848 bits per heavy atom. The van der Waals surface area contributed by atoms with Crippen molar-refractivity contribution in [3.05, 3.63) is 136 Å². The van der Waals surface area contributed by atoms with Gasteiger partial charge in [0.1, 0.15) is 15.7 Å². The van der Waals surface area contributed by atoms with E-state index in [0.717, 1.165) is 16.7 Å². The van der Waals surface area contributed by atoms with E-state index in [-0.39, 0.29) is 15.8 Å². The summed E-state index contributed by atoms with van der Waals surface area (Å²) in [7, 11) is 0. The Morgan fingerprint density at radius 2 is 1.33 bits per heavy atom. The van der Waals surface area contributed by atoms with E-state index in [9.17, 15) is 9.18 Å². The molecule has 2 aromatic heterocycles. The quantitative estimate of drug-likeness (QED) is 0.192. The maximum absolute atomic E-state index is 14.1. The number of nitrogens with zero attached hydrogens (tertiary/aromatic N) is 2. The number of aldehydes is 1. The van der Waals surface area contributed by atoms with Gasteiger partial charge in [-0.2, -0.15) is 4.39 Å². The molecule has 162 valence electrons. The number of hydrogen-bond donors (Lipinski definition) is 0. The second-order valence-corrected chi connectivity index (χ2v) is 8.32. The van der Waals surface area contributed by atoms with Crippen LogP contribution in [0.5, 0.6) is 0 Å². The van der Waals surface area contributed by atoms with Crippen molar-refractivity contribution < 1.29 is 13.6 Å². The zero-order valence-corrected chi connectivity index (χ0v) is 18.9. The van der Waals surface area contributed by atoms with Crippen molar-refractivity contribution in [2.75, 3.05) is 0 Å². The van der Waals surface area contributed by atoms with E-state index in [0.29, 0.717) is 12.0 Å². The molecule has 0 bridgehead atoms. The molecule has 33 heavy (non-hydrogen) atoms. The maximum Gasteiger partial charge on any atom is 0.293 e. The van der Waals surface area contributed by atoms with Crippen molar-refractivity contribution in [1.29, 1.82) is 0 Å². The third-order valence-corrected chi connectivity index (χ3v) is 6.48. The lowest BCUT2D eigenvalue weighted by molar-refractivity contribution is 0.112. The van der Waals surface area contributed by atoms with Gasteiger partial charge in [-0.25, -0.2) is 4.98 Å². The summed E-state index contributed by atoms with van der Waals surface area (Å²) in [4.78, 5) is 16.1.